The number of nitrogens with one attached hydrogen (secondary N) is 1. The van der Waals surface area contributed by atoms with Crippen molar-refractivity contribution in [2.75, 3.05) is 37.6 Å². The molecule has 0 bridgehead atoms. The zero-order valence-electron chi connectivity index (χ0n) is 15.3. The van der Waals surface area contributed by atoms with Crippen molar-refractivity contribution in [3.05, 3.63) is 29.1 Å². The summed E-state index contributed by atoms with van der Waals surface area (Å²) in [6.45, 7) is 6.71. The van der Waals surface area contributed by atoms with E-state index < -0.39 is 17.8 Å². The van der Waals surface area contributed by atoms with Crippen molar-refractivity contribution in [1.29, 1.82) is 0 Å². The first-order valence-electron chi connectivity index (χ1n) is 9.42. The minimum absolute atomic E-state index is 0.205. The molecule has 7 nitrogen and oxygen atoms in total. The van der Waals surface area contributed by atoms with Crippen LogP contribution in [0.15, 0.2) is 12.1 Å². The van der Waals surface area contributed by atoms with Crippen LogP contribution >= 0.6 is 0 Å². The van der Waals surface area contributed by atoms with Gasteiger partial charge in [0.1, 0.15) is 11.9 Å². The first kappa shape index (κ1) is 17.9. The van der Waals surface area contributed by atoms with E-state index in [0.29, 0.717) is 12.0 Å². The van der Waals surface area contributed by atoms with Crippen LogP contribution < -0.4 is 10.2 Å². The van der Waals surface area contributed by atoms with Crippen molar-refractivity contribution in [2.24, 2.45) is 0 Å². The van der Waals surface area contributed by atoms with Crippen molar-refractivity contribution in [3.63, 3.8) is 0 Å². The fraction of sp³-hybridized carbons (Fsp3) is 0.526. The number of nitrogens with zero attached hydrogens (tertiary/aromatic N) is 3. The van der Waals surface area contributed by atoms with Gasteiger partial charge in [-0.1, -0.05) is 6.92 Å². The summed E-state index contributed by atoms with van der Waals surface area (Å²) in [6.07, 6.45) is 0.508. The number of rotatable bonds is 3. The first-order valence-corrected chi connectivity index (χ1v) is 9.42. The fourth-order valence-corrected chi connectivity index (χ4v) is 4.19. The number of amides is 3. The van der Waals surface area contributed by atoms with Gasteiger partial charge in [-0.3, -0.25) is 19.7 Å². The van der Waals surface area contributed by atoms with E-state index in [9.17, 15) is 18.8 Å². The van der Waals surface area contributed by atoms with Gasteiger partial charge in [0, 0.05) is 56.0 Å². The lowest BCUT2D eigenvalue weighted by atomic mass is 10.0. The molecule has 3 aliphatic rings. The highest BCUT2D eigenvalue weighted by Gasteiger charge is 2.40. The molecule has 1 atom stereocenters. The third-order valence-corrected chi connectivity index (χ3v) is 5.76. The summed E-state index contributed by atoms with van der Waals surface area (Å²) >= 11 is 0. The maximum absolute atomic E-state index is 14.3. The maximum Gasteiger partial charge on any atom is 0.255 e. The quantitative estimate of drug-likeness (QED) is 0.790. The fourth-order valence-electron chi connectivity index (χ4n) is 4.19. The Balaban J connectivity index is 1.61. The number of hydrogen-bond acceptors (Lipinski definition) is 5. The Morgan fingerprint density at radius 2 is 1.89 bits per heavy atom. The normalized spacial score (nSPS) is 23.6. The van der Waals surface area contributed by atoms with Crippen molar-refractivity contribution < 1.29 is 18.8 Å². The summed E-state index contributed by atoms with van der Waals surface area (Å²) in [5.41, 5.74) is 1.84. The summed E-state index contributed by atoms with van der Waals surface area (Å²) in [6, 6.07) is 2.06. The highest BCUT2D eigenvalue weighted by Crippen LogP contribution is 2.35. The van der Waals surface area contributed by atoms with Gasteiger partial charge in [0.2, 0.25) is 11.8 Å². The van der Waals surface area contributed by atoms with E-state index in [1.807, 2.05) is 0 Å². The van der Waals surface area contributed by atoms with Gasteiger partial charge in [-0.05, 0) is 25.1 Å². The maximum atomic E-state index is 14.3. The minimum atomic E-state index is -0.685. The van der Waals surface area contributed by atoms with Crippen molar-refractivity contribution in [2.45, 2.75) is 32.4 Å². The third kappa shape index (κ3) is 3.18. The van der Waals surface area contributed by atoms with Crippen LogP contribution in [-0.2, 0) is 16.1 Å². The van der Waals surface area contributed by atoms with Gasteiger partial charge in [-0.15, -0.1) is 0 Å². The predicted octanol–water partition coefficient (Wildman–Crippen LogP) is 0.729. The van der Waals surface area contributed by atoms with Gasteiger partial charge in [0.15, 0.2) is 0 Å². The number of imide groups is 1. The first-order chi connectivity index (χ1) is 13.0. The molecule has 144 valence electrons. The molecule has 8 heteroatoms. The molecule has 0 aromatic heterocycles. The Hall–Kier alpha value is -2.48. The molecular formula is C19H23FN4O3. The monoisotopic (exact) mass is 374 g/mol. The van der Waals surface area contributed by atoms with Gasteiger partial charge >= 0.3 is 0 Å². The van der Waals surface area contributed by atoms with E-state index in [0.717, 1.165) is 44.0 Å². The van der Waals surface area contributed by atoms with Crippen LogP contribution in [0.3, 0.4) is 0 Å². The molecule has 2 saturated heterocycles. The summed E-state index contributed by atoms with van der Waals surface area (Å²) in [5.74, 6) is -1.56. The number of piperazine rings is 1. The van der Waals surface area contributed by atoms with Crippen LogP contribution in [0.2, 0.25) is 0 Å². The highest BCUT2D eigenvalue weighted by atomic mass is 19.1. The van der Waals surface area contributed by atoms with E-state index in [4.69, 9.17) is 0 Å². The molecule has 1 unspecified atom stereocenters. The standard InChI is InChI=1S/C19H23FN4O3/c1-2-22-5-7-23(8-6-22)16-10-12(20)9-13-14(16)11-24(19(13)27)15-3-4-17(25)21-18(15)26/h9-10,15H,2-8,11H2,1H3,(H,21,25,26). The minimum Gasteiger partial charge on any atom is -0.369 e. The summed E-state index contributed by atoms with van der Waals surface area (Å²) in [7, 11) is 0. The zero-order valence-corrected chi connectivity index (χ0v) is 15.3. The van der Waals surface area contributed by atoms with Gasteiger partial charge in [0.05, 0.1) is 0 Å². The van der Waals surface area contributed by atoms with Crippen LogP contribution in [-0.4, -0.2) is 66.3 Å². The van der Waals surface area contributed by atoms with Gasteiger partial charge in [-0.25, -0.2) is 4.39 Å². The van der Waals surface area contributed by atoms with Crippen LogP contribution in [0.5, 0.6) is 0 Å². The second kappa shape index (κ2) is 6.92. The Labute approximate surface area is 157 Å². The van der Waals surface area contributed by atoms with E-state index >= 15 is 0 Å². The number of likely N-dealkylation sites (N-methyl/N-ethyl adjacent to an activating group) is 1. The van der Waals surface area contributed by atoms with Crippen molar-refractivity contribution in [1.82, 2.24) is 15.1 Å². The smallest absolute Gasteiger partial charge is 0.255 e. The van der Waals surface area contributed by atoms with Crippen LogP contribution in [0.4, 0.5) is 10.1 Å². The zero-order chi connectivity index (χ0) is 19.1. The molecular weight excluding hydrogens is 351 g/mol. The molecule has 2 fully saturated rings. The average Bonchev–Trinajstić information content (AvgIpc) is 2.98. The molecule has 4 rings (SSSR count). The number of anilines is 1. The lowest BCUT2D eigenvalue weighted by Gasteiger charge is -2.36. The number of carbonyl (C=O) groups excluding carboxylic acids is 3. The molecule has 0 saturated carbocycles. The lowest BCUT2D eigenvalue weighted by Crippen LogP contribution is -2.52. The van der Waals surface area contributed by atoms with E-state index in [1.54, 1.807) is 0 Å². The largest absolute Gasteiger partial charge is 0.369 e. The SMILES string of the molecule is CCN1CCN(c2cc(F)cc3c2CN(C2CCC(=O)NC2=O)C3=O)CC1. The summed E-state index contributed by atoms with van der Waals surface area (Å²) in [4.78, 5) is 42.4. The second-order valence-corrected chi connectivity index (χ2v) is 7.27. The number of carbonyl (C=O) groups is 3. The van der Waals surface area contributed by atoms with Crippen molar-refractivity contribution in [3.8, 4) is 0 Å². The third-order valence-electron chi connectivity index (χ3n) is 5.76. The predicted molar refractivity (Wildman–Crippen MR) is 96.8 cm³/mol. The van der Waals surface area contributed by atoms with E-state index in [-0.39, 0.29) is 24.8 Å². The van der Waals surface area contributed by atoms with E-state index in [2.05, 4.69) is 22.0 Å². The van der Waals surface area contributed by atoms with Crippen LogP contribution in [0.1, 0.15) is 35.7 Å². The average molecular weight is 374 g/mol. The number of benzene rings is 1. The Morgan fingerprint density at radius 1 is 1.15 bits per heavy atom. The lowest BCUT2D eigenvalue weighted by molar-refractivity contribution is -0.136. The van der Waals surface area contributed by atoms with Crippen molar-refractivity contribution >= 4 is 23.4 Å². The highest BCUT2D eigenvalue weighted by molar-refractivity contribution is 6.06. The van der Waals surface area contributed by atoms with Crippen LogP contribution in [0, 0.1) is 5.82 Å². The Morgan fingerprint density at radius 3 is 2.56 bits per heavy atom. The number of fused-ring (bicyclic) bond motifs is 1. The molecule has 3 heterocycles. The molecule has 1 N–H and O–H groups in total. The second-order valence-electron chi connectivity index (χ2n) is 7.27. The molecule has 3 aliphatic heterocycles. The number of hydrogen-bond donors (Lipinski definition) is 1. The Bertz CT molecular complexity index is 804. The molecule has 3 amide bonds. The molecule has 1 aromatic rings. The summed E-state index contributed by atoms with van der Waals surface area (Å²) in [5, 5.41) is 2.29. The van der Waals surface area contributed by atoms with Gasteiger partial charge in [0.25, 0.3) is 5.91 Å². The molecule has 27 heavy (non-hydrogen) atoms. The van der Waals surface area contributed by atoms with Crippen LogP contribution in [0.25, 0.3) is 0 Å². The van der Waals surface area contributed by atoms with Gasteiger partial charge < -0.3 is 14.7 Å². The van der Waals surface area contributed by atoms with Gasteiger partial charge in [-0.2, -0.15) is 0 Å². The molecule has 0 aliphatic carbocycles. The van der Waals surface area contributed by atoms with E-state index in [1.165, 1.54) is 17.0 Å². The summed E-state index contributed by atoms with van der Waals surface area (Å²) < 4.78 is 14.3. The molecule has 1 aromatic carbocycles. The molecule has 0 radical (unpaired) electrons. The Kier molecular flexibility index (Phi) is 4.59. The topological polar surface area (TPSA) is 73.0 Å². The molecule has 0 spiro atoms. The number of piperidine rings is 1. The number of halogens is 1.